The van der Waals surface area contributed by atoms with Gasteiger partial charge in [0.15, 0.2) is 0 Å². The maximum absolute atomic E-state index is 6.23. The molecule has 0 aliphatic carbocycles. The average Bonchev–Trinajstić information content (AvgIpc) is 2.63. The fourth-order valence-corrected chi connectivity index (χ4v) is 3.60. The van der Waals surface area contributed by atoms with E-state index in [1.165, 1.54) is 5.56 Å². The zero-order chi connectivity index (χ0) is 20.3. The summed E-state index contributed by atoms with van der Waals surface area (Å²) < 4.78 is 6.23. The van der Waals surface area contributed by atoms with Crippen LogP contribution in [0.1, 0.15) is 37.6 Å². The van der Waals surface area contributed by atoms with E-state index in [1.54, 1.807) is 6.20 Å². The van der Waals surface area contributed by atoms with Gasteiger partial charge in [-0.25, -0.2) is 9.97 Å². The van der Waals surface area contributed by atoms with Crippen molar-refractivity contribution in [2.75, 3.05) is 5.73 Å². The molecule has 3 aromatic rings. The topological polar surface area (TPSA) is 61.0 Å². The molecule has 0 atom stereocenters. The number of nitrogen functional groups attached to an aromatic ring is 1. The van der Waals surface area contributed by atoms with Gasteiger partial charge in [0.05, 0.1) is 17.6 Å². The summed E-state index contributed by atoms with van der Waals surface area (Å²) in [4.78, 5) is 9.25. The lowest BCUT2D eigenvalue weighted by atomic mass is 9.86. The summed E-state index contributed by atoms with van der Waals surface area (Å²) in [6.07, 6.45) is 2.39. The zero-order valence-corrected chi connectivity index (χ0v) is 18.3. The summed E-state index contributed by atoms with van der Waals surface area (Å²) in [6.45, 7) is 10.9. The van der Waals surface area contributed by atoms with Crippen LogP contribution in [-0.2, 0) is 11.8 Å². The van der Waals surface area contributed by atoms with Crippen molar-refractivity contribution in [3.8, 4) is 17.0 Å². The van der Waals surface area contributed by atoms with Crippen LogP contribution in [0.2, 0.25) is 13.1 Å². The molecular weight excluding hydrogens is 362 g/mol. The van der Waals surface area contributed by atoms with Crippen LogP contribution in [0.3, 0.4) is 0 Å². The lowest BCUT2D eigenvalue weighted by molar-refractivity contribution is 0.562. The van der Waals surface area contributed by atoms with Gasteiger partial charge in [0.25, 0.3) is 9.04 Å². The lowest BCUT2D eigenvalue weighted by Crippen LogP contribution is -2.15. The van der Waals surface area contributed by atoms with Crippen LogP contribution in [0.4, 0.5) is 5.82 Å². The van der Waals surface area contributed by atoms with E-state index in [9.17, 15) is 0 Å². The van der Waals surface area contributed by atoms with Gasteiger partial charge in [0.2, 0.25) is 0 Å². The highest BCUT2D eigenvalue weighted by Crippen LogP contribution is 2.34. The molecule has 0 unspecified atom stereocenters. The fourth-order valence-electron chi connectivity index (χ4n) is 2.99. The van der Waals surface area contributed by atoms with E-state index < -0.39 is 9.04 Å². The first-order chi connectivity index (χ1) is 13.2. The molecule has 0 aliphatic heterocycles. The van der Waals surface area contributed by atoms with Crippen molar-refractivity contribution in [3.63, 3.8) is 0 Å². The van der Waals surface area contributed by atoms with Gasteiger partial charge in [-0.05, 0) is 41.8 Å². The van der Waals surface area contributed by atoms with E-state index >= 15 is 0 Å². The minimum absolute atomic E-state index is 0.0519. The van der Waals surface area contributed by atoms with E-state index in [0.717, 1.165) is 28.3 Å². The molecule has 0 saturated heterocycles. The Morgan fingerprint density at radius 1 is 1.04 bits per heavy atom. The van der Waals surface area contributed by atoms with E-state index in [-0.39, 0.29) is 5.41 Å². The van der Waals surface area contributed by atoms with Crippen LogP contribution in [0, 0.1) is 0 Å². The third-order valence-electron chi connectivity index (χ3n) is 4.53. The van der Waals surface area contributed by atoms with Crippen molar-refractivity contribution in [1.29, 1.82) is 0 Å². The lowest BCUT2D eigenvalue weighted by Gasteiger charge is -2.22. The van der Waals surface area contributed by atoms with Crippen LogP contribution in [-0.4, -0.2) is 19.0 Å². The molecule has 0 spiro atoms. The number of benzene rings is 2. The molecule has 2 N–H and O–H groups in total. The Labute approximate surface area is 169 Å². The maximum Gasteiger partial charge on any atom is 0.274 e. The van der Waals surface area contributed by atoms with Crippen LogP contribution < -0.4 is 10.2 Å². The molecule has 4 nitrogen and oxygen atoms in total. The molecule has 0 bridgehead atoms. The summed E-state index contributed by atoms with van der Waals surface area (Å²) >= 11 is 0. The van der Waals surface area contributed by atoms with E-state index in [2.05, 4.69) is 69.2 Å². The van der Waals surface area contributed by atoms with E-state index in [0.29, 0.717) is 12.2 Å². The van der Waals surface area contributed by atoms with Crippen molar-refractivity contribution >= 4 is 14.9 Å². The van der Waals surface area contributed by atoms with E-state index in [1.807, 2.05) is 18.2 Å². The molecule has 1 radical (unpaired) electrons. The number of hydrogen-bond donors (Lipinski definition) is 1. The second-order valence-corrected chi connectivity index (χ2v) is 10.2. The van der Waals surface area contributed by atoms with Gasteiger partial charge in [-0.3, -0.25) is 0 Å². The van der Waals surface area contributed by atoms with Crippen molar-refractivity contribution in [3.05, 3.63) is 71.5 Å². The Morgan fingerprint density at radius 3 is 2.39 bits per heavy atom. The molecule has 0 aliphatic rings. The van der Waals surface area contributed by atoms with Crippen LogP contribution in [0.25, 0.3) is 11.3 Å². The average molecular weight is 391 g/mol. The number of nitrogens with two attached hydrogens (primary N) is 1. The molecule has 0 fully saturated rings. The third-order valence-corrected chi connectivity index (χ3v) is 5.16. The van der Waals surface area contributed by atoms with Crippen LogP contribution >= 0.6 is 0 Å². The monoisotopic (exact) mass is 390 g/mol. The van der Waals surface area contributed by atoms with Gasteiger partial charge in [0, 0.05) is 12.0 Å². The smallest absolute Gasteiger partial charge is 0.274 e. The SMILES string of the molecule is C[Si](C)Oc1cc(C(C)(C)C)ccc1-c1cnc(N)c(Cc2ccccc2)n1. The van der Waals surface area contributed by atoms with Crippen molar-refractivity contribution in [2.24, 2.45) is 0 Å². The predicted octanol–water partition coefficient (Wildman–Crippen LogP) is 5.24. The molecule has 0 saturated carbocycles. The van der Waals surface area contributed by atoms with Crippen LogP contribution in [0.15, 0.2) is 54.7 Å². The van der Waals surface area contributed by atoms with Crippen molar-refractivity contribution in [2.45, 2.75) is 45.7 Å². The Hall–Kier alpha value is -2.66. The van der Waals surface area contributed by atoms with E-state index in [4.69, 9.17) is 15.1 Å². The van der Waals surface area contributed by atoms with Gasteiger partial charge < -0.3 is 10.2 Å². The highest BCUT2D eigenvalue weighted by Gasteiger charge is 2.19. The first-order valence-electron chi connectivity index (χ1n) is 9.52. The molecule has 0 amide bonds. The summed E-state index contributed by atoms with van der Waals surface area (Å²) in [5.74, 6) is 1.34. The molecule has 1 aromatic heterocycles. The predicted molar refractivity (Wildman–Crippen MR) is 118 cm³/mol. The highest BCUT2D eigenvalue weighted by molar-refractivity contribution is 6.49. The summed E-state index contributed by atoms with van der Waals surface area (Å²) in [5, 5.41) is 0. The Morgan fingerprint density at radius 2 is 1.75 bits per heavy atom. The molecule has 145 valence electrons. The van der Waals surface area contributed by atoms with Gasteiger partial charge in [-0.2, -0.15) is 0 Å². The Balaban J connectivity index is 2.03. The Bertz CT molecular complexity index is 950. The Kier molecular flexibility index (Phi) is 5.84. The zero-order valence-electron chi connectivity index (χ0n) is 17.3. The summed E-state index contributed by atoms with van der Waals surface area (Å²) in [6, 6.07) is 16.6. The number of anilines is 1. The fraction of sp³-hybridized carbons (Fsp3) is 0.304. The standard InChI is InChI=1S/C23H28N3OSi/c1-23(2,3)17-11-12-18(21(14-17)27-28(4)5)20-15-25-22(24)19(26-20)13-16-9-7-6-8-10-16/h6-12,14-15H,13H2,1-5H3,(H2,24,25). The largest absolute Gasteiger partial charge is 0.542 e. The molecule has 1 heterocycles. The molecule has 28 heavy (non-hydrogen) atoms. The quantitative estimate of drug-likeness (QED) is 0.605. The number of rotatable bonds is 5. The molecule has 2 aromatic carbocycles. The first kappa shape index (κ1) is 20.1. The van der Waals surface area contributed by atoms with Crippen molar-refractivity contribution in [1.82, 2.24) is 9.97 Å². The minimum atomic E-state index is -0.916. The van der Waals surface area contributed by atoms with Gasteiger partial charge in [-0.1, -0.05) is 57.2 Å². The second-order valence-electron chi connectivity index (χ2n) is 8.22. The van der Waals surface area contributed by atoms with Crippen LogP contribution in [0.5, 0.6) is 5.75 Å². The molecular formula is C23H28N3OSi. The van der Waals surface area contributed by atoms with Gasteiger partial charge in [0.1, 0.15) is 11.6 Å². The third kappa shape index (κ3) is 4.78. The van der Waals surface area contributed by atoms with Gasteiger partial charge >= 0.3 is 0 Å². The maximum atomic E-state index is 6.23. The summed E-state index contributed by atoms with van der Waals surface area (Å²) in [7, 11) is -0.916. The first-order valence-corrected chi connectivity index (χ1v) is 11.9. The second kappa shape index (κ2) is 8.15. The van der Waals surface area contributed by atoms with Crippen molar-refractivity contribution < 1.29 is 4.43 Å². The summed E-state index contributed by atoms with van der Waals surface area (Å²) in [5.41, 5.74) is 11.1. The normalized spacial score (nSPS) is 11.6. The minimum Gasteiger partial charge on any atom is -0.542 e. The number of nitrogens with zero attached hydrogens (tertiary/aromatic N) is 2. The molecule has 3 rings (SSSR count). The number of hydrogen-bond acceptors (Lipinski definition) is 4. The highest BCUT2D eigenvalue weighted by atomic mass is 28.3. The molecule has 5 heteroatoms. The number of aromatic nitrogens is 2. The van der Waals surface area contributed by atoms with Gasteiger partial charge in [-0.15, -0.1) is 0 Å².